The highest BCUT2D eigenvalue weighted by Crippen LogP contribution is 2.30. The standard InChI is InChI=1S/C22H22N4O3S2/c27-19(14-30-22-26-25-21(31-22)24-20(28)16-7-4-8-16)23-17-9-11-18(12-10-17)29-13-15-5-2-1-3-6-15/h1-3,5-6,9-12,16H,4,7-8,13-14H2,(H,23,27)(H,24,25,28). The predicted octanol–water partition coefficient (Wildman–Crippen LogP) is 4.59. The maximum Gasteiger partial charge on any atom is 0.234 e. The van der Waals surface area contributed by atoms with Crippen molar-refractivity contribution in [3.05, 3.63) is 60.2 Å². The Kier molecular flexibility index (Phi) is 7.16. The SMILES string of the molecule is O=C(CSc1nnc(NC(=O)C2CCC2)s1)Nc1ccc(OCc2ccccc2)cc1. The van der Waals surface area contributed by atoms with Crippen LogP contribution in [0.3, 0.4) is 0 Å². The van der Waals surface area contributed by atoms with Gasteiger partial charge in [0.2, 0.25) is 16.9 Å². The van der Waals surface area contributed by atoms with Gasteiger partial charge in [0.1, 0.15) is 12.4 Å². The zero-order chi connectivity index (χ0) is 21.5. The molecule has 1 saturated carbocycles. The number of carbonyl (C=O) groups is 2. The fourth-order valence-electron chi connectivity index (χ4n) is 2.90. The molecule has 0 saturated heterocycles. The van der Waals surface area contributed by atoms with Crippen molar-refractivity contribution in [1.82, 2.24) is 10.2 Å². The Morgan fingerprint density at radius 1 is 1.03 bits per heavy atom. The molecule has 1 aromatic heterocycles. The quantitative estimate of drug-likeness (QED) is 0.363. The smallest absolute Gasteiger partial charge is 0.234 e. The van der Waals surface area contributed by atoms with Gasteiger partial charge in [-0.15, -0.1) is 10.2 Å². The molecule has 1 heterocycles. The highest BCUT2D eigenvalue weighted by molar-refractivity contribution is 8.01. The maximum absolute atomic E-state index is 12.2. The summed E-state index contributed by atoms with van der Waals surface area (Å²) in [6, 6.07) is 17.2. The minimum Gasteiger partial charge on any atom is -0.489 e. The van der Waals surface area contributed by atoms with Crippen LogP contribution in [0.15, 0.2) is 58.9 Å². The highest BCUT2D eigenvalue weighted by atomic mass is 32.2. The number of rotatable bonds is 9. The van der Waals surface area contributed by atoms with Crippen LogP contribution >= 0.6 is 23.1 Å². The summed E-state index contributed by atoms with van der Waals surface area (Å²) in [7, 11) is 0. The molecule has 0 radical (unpaired) electrons. The van der Waals surface area contributed by atoms with E-state index in [1.54, 1.807) is 0 Å². The second-order valence-electron chi connectivity index (χ2n) is 7.13. The number of hydrogen-bond acceptors (Lipinski definition) is 7. The van der Waals surface area contributed by atoms with Crippen LogP contribution in [0.5, 0.6) is 5.75 Å². The number of amides is 2. The molecule has 0 atom stereocenters. The van der Waals surface area contributed by atoms with Crippen molar-refractivity contribution >= 4 is 45.7 Å². The zero-order valence-corrected chi connectivity index (χ0v) is 18.4. The van der Waals surface area contributed by atoms with Crippen molar-refractivity contribution in [3.63, 3.8) is 0 Å². The summed E-state index contributed by atoms with van der Waals surface area (Å²) in [5.41, 5.74) is 1.79. The third-order valence-electron chi connectivity index (χ3n) is 4.83. The van der Waals surface area contributed by atoms with Crippen molar-refractivity contribution < 1.29 is 14.3 Å². The summed E-state index contributed by atoms with van der Waals surface area (Å²) in [4.78, 5) is 24.2. The Labute approximate surface area is 188 Å². The van der Waals surface area contributed by atoms with Gasteiger partial charge in [-0.1, -0.05) is 59.9 Å². The van der Waals surface area contributed by atoms with Crippen LogP contribution in [0, 0.1) is 5.92 Å². The Morgan fingerprint density at radius 3 is 2.52 bits per heavy atom. The van der Waals surface area contributed by atoms with E-state index in [9.17, 15) is 9.59 Å². The van der Waals surface area contributed by atoms with Gasteiger partial charge in [0, 0.05) is 11.6 Å². The highest BCUT2D eigenvalue weighted by Gasteiger charge is 2.26. The molecule has 2 amide bonds. The van der Waals surface area contributed by atoms with E-state index in [-0.39, 0.29) is 23.5 Å². The van der Waals surface area contributed by atoms with Crippen LogP contribution in [0.4, 0.5) is 10.8 Å². The number of aromatic nitrogens is 2. The van der Waals surface area contributed by atoms with E-state index in [2.05, 4.69) is 20.8 Å². The summed E-state index contributed by atoms with van der Waals surface area (Å²) in [5.74, 6) is 0.908. The Bertz CT molecular complexity index is 1020. The number of ether oxygens (including phenoxy) is 1. The molecule has 1 aliphatic carbocycles. The normalized spacial score (nSPS) is 13.3. The molecule has 2 N–H and O–H groups in total. The van der Waals surface area contributed by atoms with E-state index in [1.165, 1.54) is 23.1 Å². The maximum atomic E-state index is 12.2. The molecule has 31 heavy (non-hydrogen) atoms. The largest absolute Gasteiger partial charge is 0.489 e. The molecule has 7 nitrogen and oxygen atoms in total. The first-order chi connectivity index (χ1) is 15.2. The van der Waals surface area contributed by atoms with E-state index in [0.29, 0.717) is 21.8 Å². The third kappa shape index (κ3) is 6.28. The molecule has 2 aromatic carbocycles. The number of nitrogens with one attached hydrogen (secondary N) is 2. The predicted molar refractivity (Wildman–Crippen MR) is 122 cm³/mol. The van der Waals surface area contributed by atoms with Crippen LogP contribution < -0.4 is 15.4 Å². The van der Waals surface area contributed by atoms with E-state index < -0.39 is 0 Å². The summed E-state index contributed by atoms with van der Waals surface area (Å²) in [6.45, 7) is 0.494. The molecule has 9 heteroatoms. The van der Waals surface area contributed by atoms with E-state index in [4.69, 9.17) is 4.74 Å². The fourth-order valence-corrected chi connectivity index (χ4v) is 4.45. The third-order valence-corrected chi connectivity index (χ3v) is 6.80. The van der Waals surface area contributed by atoms with Gasteiger partial charge in [0.25, 0.3) is 0 Å². The average molecular weight is 455 g/mol. The lowest BCUT2D eigenvalue weighted by molar-refractivity contribution is -0.122. The number of carbonyl (C=O) groups excluding carboxylic acids is 2. The van der Waals surface area contributed by atoms with E-state index in [1.807, 2.05) is 54.6 Å². The summed E-state index contributed by atoms with van der Waals surface area (Å²) in [5, 5.41) is 14.1. The minimum atomic E-state index is -0.141. The molecule has 0 aliphatic heterocycles. The van der Waals surface area contributed by atoms with Crippen molar-refractivity contribution in [2.75, 3.05) is 16.4 Å². The number of benzene rings is 2. The molecule has 0 spiro atoms. The first kappa shape index (κ1) is 21.3. The second-order valence-corrected chi connectivity index (χ2v) is 9.33. The van der Waals surface area contributed by atoms with Gasteiger partial charge in [0.05, 0.1) is 5.75 Å². The van der Waals surface area contributed by atoms with Crippen molar-refractivity contribution in [1.29, 1.82) is 0 Å². The van der Waals surface area contributed by atoms with Crippen molar-refractivity contribution in [3.8, 4) is 5.75 Å². The molecular weight excluding hydrogens is 432 g/mol. The van der Waals surface area contributed by atoms with Gasteiger partial charge < -0.3 is 15.4 Å². The minimum absolute atomic E-state index is 0.00730. The number of anilines is 2. The second kappa shape index (κ2) is 10.4. The molecule has 1 aliphatic rings. The topological polar surface area (TPSA) is 93.2 Å². The lowest BCUT2D eigenvalue weighted by Crippen LogP contribution is -2.27. The summed E-state index contributed by atoms with van der Waals surface area (Å²) < 4.78 is 6.39. The van der Waals surface area contributed by atoms with Gasteiger partial charge in [-0.25, -0.2) is 0 Å². The van der Waals surface area contributed by atoms with Crippen molar-refractivity contribution in [2.24, 2.45) is 5.92 Å². The van der Waals surface area contributed by atoms with Gasteiger partial charge in [0.15, 0.2) is 4.34 Å². The van der Waals surface area contributed by atoms with Gasteiger partial charge in [-0.3, -0.25) is 9.59 Å². The van der Waals surface area contributed by atoms with Crippen LogP contribution in [0.1, 0.15) is 24.8 Å². The van der Waals surface area contributed by atoms with Crippen LogP contribution in [-0.2, 0) is 16.2 Å². The van der Waals surface area contributed by atoms with Crippen molar-refractivity contribution in [2.45, 2.75) is 30.2 Å². The van der Waals surface area contributed by atoms with Crippen LogP contribution in [0.25, 0.3) is 0 Å². The lowest BCUT2D eigenvalue weighted by Gasteiger charge is -2.23. The van der Waals surface area contributed by atoms with E-state index >= 15 is 0 Å². The van der Waals surface area contributed by atoms with Crippen LogP contribution in [-0.4, -0.2) is 27.8 Å². The zero-order valence-electron chi connectivity index (χ0n) is 16.7. The number of thioether (sulfide) groups is 1. The first-order valence-corrected chi connectivity index (χ1v) is 11.8. The summed E-state index contributed by atoms with van der Waals surface area (Å²) in [6.07, 6.45) is 2.98. The average Bonchev–Trinajstić information content (AvgIpc) is 3.18. The molecule has 160 valence electrons. The van der Waals surface area contributed by atoms with Gasteiger partial charge in [-0.05, 0) is 42.7 Å². The molecule has 0 bridgehead atoms. The van der Waals surface area contributed by atoms with Gasteiger partial charge >= 0.3 is 0 Å². The monoisotopic (exact) mass is 454 g/mol. The molecule has 4 rings (SSSR count). The molecule has 1 fully saturated rings. The fraction of sp³-hybridized carbons (Fsp3) is 0.273. The molecule has 0 unspecified atom stereocenters. The molecular formula is C22H22N4O3S2. The number of hydrogen-bond donors (Lipinski definition) is 2. The first-order valence-electron chi connectivity index (χ1n) is 9.99. The Morgan fingerprint density at radius 2 is 1.81 bits per heavy atom. The lowest BCUT2D eigenvalue weighted by atomic mass is 9.85. The van der Waals surface area contributed by atoms with Gasteiger partial charge in [-0.2, -0.15) is 0 Å². The summed E-state index contributed by atoms with van der Waals surface area (Å²) >= 11 is 2.57. The number of nitrogens with zero attached hydrogens (tertiary/aromatic N) is 2. The Hall–Kier alpha value is -2.91. The van der Waals surface area contributed by atoms with E-state index in [0.717, 1.165) is 30.6 Å². The Balaban J connectivity index is 1.19. The van der Waals surface area contributed by atoms with Crippen LogP contribution in [0.2, 0.25) is 0 Å². The molecule has 3 aromatic rings.